The summed E-state index contributed by atoms with van der Waals surface area (Å²) in [4.78, 5) is 25.1. The first-order valence-corrected chi connectivity index (χ1v) is 8.71. The lowest BCUT2D eigenvalue weighted by molar-refractivity contribution is 0.0993. The normalized spacial score (nSPS) is 10.6. The van der Waals surface area contributed by atoms with Crippen LogP contribution in [0.1, 0.15) is 40.1 Å². The molecule has 0 radical (unpaired) electrons. The highest BCUT2D eigenvalue weighted by molar-refractivity contribution is 5.97. The summed E-state index contributed by atoms with van der Waals surface area (Å²) < 4.78 is 0. The summed E-state index contributed by atoms with van der Waals surface area (Å²) in [5.41, 5.74) is 3.84. The Hall–Kier alpha value is -3.08. The summed E-state index contributed by atoms with van der Waals surface area (Å²) in [7, 11) is 0. The Labute approximate surface area is 153 Å². The third kappa shape index (κ3) is 4.51. The number of carbonyl (C=O) groups is 1. The molecule has 5 heteroatoms. The fourth-order valence-corrected chi connectivity index (χ4v) is 2.72. The van der Waals surface area contributed by atoms with Gasteiger partial charge in [-0.3, -0.25) is 4.79 Å². The number of nitrogens with one attached hydrogen (secondary N) is 1. The van der Waals surface area contributed by atoms with Gasteiger partial charge in [-0.15, -0.1) is 0 Å². The number of nitrogens with zero attached hydrogens (tertiary/aromatic N) is 3. The number of anilines is 2. The maximum absolute atomic E-state index is 12.4. The number of aryl methyl sites for hydroxylation is 3. The highest BCUT2D eigenvalue weighted by Crippen LogP contribution is 2.16. The minimum absolute atomic E-state index is 0.122. The number of hydrogen-bond donors (Lipinski definition) is 1. The summed E-state index contributed by atoms with van der Waals surface area (Å²) in [5.74, 6) is 2.00. The molecule has 0 saturated carbocycles. The van der Waals surface area contributed by atoms with Gasteiger partial charge in [-0.2, -0.15) is 9.97 Å². The minimum Gasteiger partial charge on any atom is -0.324 e. The quantitative estimate of drug-likeness (QED) is 0.677. The summed E-state index contributed by atoms with van der Waals surface area (Å²) >= 11 is 0. The van der Waals surface area contributed by atoms with Crippen molar-refractivity contribution in [2.75, 3.05) is 5.32 Å². The molecule has 0 bridgehead atoms. The first-order valence-electron chi connectivity index (χ1n) is 8.71. The van der Waals surface area contributed by atoms with E-state index in [1.807, 2.05) is 62.4 Å². The Morgan fingerprint density at radius 2 is 1.42 bits per heavy atom. The molecule has 1 aromatic heterocycles. The molecule has 3 aromatic rings. The highest BCUT2D eigenvalue weighted by atomic mass is 16.1. The van der Waals surface area contributed by atoms with Crippen LogP contribution in [0, 0.1) is 13.8 Å². The first-order chi connectivity index (χ1) is 12.5. The third-order valence-corrected chi connectivity index (χ3v) is 4.12. The largest absolute Gasteiger partial charge is 0.324 e. The van der Waals surface area contributed by atoms with Crippen LogP contribution in [0.2, 0.25) is 0 Å². The van der Waals surface area contributed by atoms with Crippen LogP contribution in [-0.2, 0) is 12.8 Å². The van der Waals surface area contributed by atoms with Gasteiger partial charge in [0, 0.05) is 17.7 Å². The molecular weight excluding hydrogens is 324 g/mol. The lowest BCUT2D eigenvalue weighted by Crippen LogP contribution is -2.04. The molecule has 0 aliphatic carbocycles. The van der Waals surface area contributed by atoms with Crippen molar-refractivity contribution in [2.24, 2.45) is 0 Å². The van der Waals surface area contributed by atoms with Crippen LogP contribution in [0.3, 0.4) is 0 Å². The van der Waals surface area contributed by atoms with E-state index < -0.39 is 0 Å². The average molecular weight is 346 g/mol. The molecule has 0 saturated heterocycles. The van der Waals surface area contributed by atoms with Gasteiger partial charge in [-0.05, 0) is 43.5 Å². The molecule has 26 heavy (non-hydrogen) atoms. The number of Topliss-reactive ketones (excluding diaryl/α,β-unsaturated/α-hetero) is 1. The molecular formula is C21H22N4O. The van der Waals surface area contributed by atoms with E-state index in [-0.39, 0.29) is 5.78 Å². The Kier molecular flexibility index (Phi) is 5.37. The van der Waals surface area contributed by atoms with Crippen molar-refractivity contribution in [3.05, 3.63) is 76.9 Å². The Balaban J connectivity index is 1.66. The van der Waals surface area contributed by atoms with E-state index in [1.165, 1.54) is 5.56 Å². The molecule has 1 heterocycles. The van der Waals surface area contributed by atoms with Crippen LogP contribution >= 0.6 is 0 Å². The zero-order valence-electron chi connectivity index (χ0n) is 15.3. The van der Waals surface area contributed by atoms with Crippen LogP contribution in [0.25, 0.3) is 0 Å². The Bertz CT molecular complexity index is 882. The summed E-state index contributed by atoms with van der Waals surface area (Å²) in [6.07, 6.45) is 1.36. The van der Waals surface area contributed by atoms with Gasteiger partial charge in [0.15, 0.2) is 5.78 Å². The van der Waals surface area contributed by atoms with E-state index in [0.717, 1.165) is 23.2 Å². The van der Waals surface area contributed by atoms with Crippen LogP contribution in [0.15, 0.2) is 48.5 Å². The zero-order valence-corrected chi connectivity index (χ0v) is 15.3. The molecule has 132 valence electrons. The van der Waals surface area contributed by atoms with Gasteiger partial charge in [-0.25, -0.2) is 4.98 Å². The van der Waals surface area contributed by atoms with E-state index in [4.69, 9.17) is 0 Å². The summed E-state index contributed by atoms with van der Waals surface area (Å²) in [6.45, 7) is 5.77. The zero-order chi connectivity index (χ0) is 18.5. The highest BCUT2D eigenvalue weighted by Gasteiger charge is 2.08. The van der Waals surface area contributed by atoms with Gasteiger partial charge in [0.2, 0.25) is 5.95 Å². The Morgan fingerprint density at radius 3 is 2.00 bits per heavy atom. The number of hydrogen-bond acceptors (Lipinski definition) is 5. The topological polar surface area (TPSA) is 67.8 Å². The van der Waals surface area contributed by atoms with Crippen LogP contribution < -0.4 is 5.32 Å². The SMILES string of the molecule is CCc1ccc(C(=O)Cc2ccc(Nc3nc(C)nc(C)n3)cc2)cc1. The third-order valence-electron chi connectivity index (χ3n) is 4.12. The predicted molar refractivity (Wildman–Crippen MR) is 103 cm³/mol. The molecule has 2 aromatic carbocycles. The minimum atomic E-state index is 0.122. The average Bonchev–Trinajstić information content (AvgIpc) is 2.62. The van der Waals surface area contributed by atoms with Crippen molar-refractivity contribution in [3.8, 4) is 0 Å². The Morgan fingerprint density at radius 1 is 0.846 bits per heavy atom. The molecule has 0 fully saturated rings. The standard InChI is InChI=1S/C21H22N4O/c1-4-16-5-9-18(10-6-16)20(26)13-17-7-11-19(12-8-17)25-21-23-14(2)22-15(3)24-21/h5-12H,4,13H2,1-3H3,(H,22,23,24,25). The van der Waals surface area contributed by atoms with Gasteiger partial charge in [0.1, 0.15) is 11.6 Å². The van der Waals surface area contributed by atoms with Gasteiger partial charge in [0.05, 0.1) is 0 Å². The second kappa shape index (κ2) is 7.87. The number of rotatable bonds is 6. The fourth-order valence-electron chi connectivity index (χ4n) is 2.72. The van der Waals surface area contributed by atoms with Crippen molar-refractivity contribution in [1.29, 1.82) is 0 Å². The van der Waals surface area contributed by atoms with Gasteiger partial charge in [0.25, 0.3) is 0 Å². The van der Waals surface area contributed by atoms with E-state index in [2.05, 4.69) is 27.2 Å². The van der Waals surface area contributed by atoms with Crippen LogP contribution in [-0.4, -0.2) is 20.7 Å². The van der Waals surface area contributed by atoms with Crippen LogP contribution in [0.5, 0.6) is 0 Å². The second-order valence-corrected chi connectivity index (χ2v) is 6.23. The van der Waals surface area contributed by atoms with Gasteiger partial charge < -0.3 is 5.32 Å². The van der Waals surface area contributed by atoms with Crippen molar-refractivity contribution < 1.29 is 4.79 Å². The molecule has 0 aliphatic rings. The second-order valence-electron chi connectivity index (χ2n) is 6.23. The lowest BCUT2D eigenvalue weighted by atomic mass is 10.0. The molecule has 0 spiro atoms. The van der Waals surface area contributed by atoms with E-state index in [9.17, 15) is 4.79 Å². The van der Waals surface area contributed by atoms with Crippen molar-refractivity contribution in [1.82, 2.24) is 15.0 Å². The molecule has 1 N–H and O–H groups in total. The van der Waals surface area contributed by atoms with Crippen molar-refractivity contribution in [3.63, 3.8) is 0 Å². The van der Waals surface area contributed by atoms with E-state index in [1.54, 1.807) is 0 Å². The van der Waals surface area contributed by atoms with Crippen LogP contribution in [0.4, 0.5) is 11.6 Å². The molecule has 0 atom stereocenters. The van der Waals surface area contributed by atoms with Gasteiger partial charge >= 0.3 is 0 Å². The number of aromatic nitrogens is 3. The maximum Gasteiger partial charge on any atom is 0.230 e. The molecule has 3 rings (SSSR count). The first kappa shape index (κ1) is 17.7. The summed E-state index contributed by atoms with van der Waals surface area (Å²) in [6, 6.07) is 15.6. The van der Waals surface area contributed by atoms with E-state index >= 15 is 0 Å². The molecule has 0 amide bonds. The molecule has 0 aliphatic heterocycles. The predicted octanol–water partition coefficient (Wildman–Crippen LogP) is 4.22. The number of carbonyl (C=O) groups excluding carboxylic acids is 1. The molecule has 0 unspecified atom stereocenters. The van der Waals surface area contributed by atoms with Crippen molar-refractivity contribution >= 4 is 17.4 Å². The van der Waals surface area contributed by atoms with Gasteiger partial charge in [-0.1, -0.05) is 43.3 Å². The smallest absolute Gasteiger partial charge is 0.230 e. The maximum atomic E-state index is 12.4. The summed E-state index contributed by atoms with van der Waals surface area (Å²) in [5, 5.41) is 3.16. The number of ketones is 1. The lowest BCUT2D eigenvalue weighted by Gasteiger charge is -2.07. The molecule has 5 nitrogen and oxygen atoms in total. The van der Waals surface area contributed by atoms with E-state index in [0.29, 0.717) is 24.0 Å². The fraction of sp³-hybridized carbons (Fsp3) is 0.238. The monoisotopic (exact) mass is 346 g/mol. The van der Waals surface area contributed by atoms with Crippen molar-refractivity contribution in [2.45, 2.75) is 33.6 Å². The number of benzene rings is 2.